The van der Waals surface area contributed by atoms with Crippen molar-refractivity contribution in [3.05, 3.63) is 23.9 Å². The molecule has 6 heteroatoms. The lowest BCUT2D eigenvalue weighted by Crippen LogP contribution is -2.09. The molecule has 0 spiro atoms. The molecule has 0 atom stereocenters. The molecule has 0 aliphatic heterocycles. The van der Waals surface area contributed by atoms with Crippen LogP contribution in [-0.4, -0.2) is 26.1 Å². The number of amidine groups is 1. The first kappa shape index (κ1) is 14.1. The highest BCUT2D eigenvalue weighted by Gasteiger charge is 2.09. The van der Waals surface area contributed by atoms with Crippen LogP contribution < -0.4 is 0 Å². The molecule has 0 fully saturated rings. The fourth-order valence-electron chi connectivity index (χ4n) is 0.606. The van der Waals surface area contributed by atoms with Crippen molar-refractivity contribution in [1.82, 2.24) is 0 Å². The Morgan fingerprint density at radius 1 is 1.47 bits per heavy atom. The van der Waals surface area contributed by atoms with Crippen LogP contribution in [-0.2, 0) is 9.84 Å². The predicted molar refractivity (Wildman–Crippen MR) is 65.2 cm³/mol. The zero-order chi connectivity index (χ0) is 11.7. The molecule has 0 saturated carbocycles. The highest BCUT2D eigenvalue weighted by atomic mass is 35.5. The van der Waals surface area contributed by atoms with Gasteiger partial charge in [0, 0.05) is 30.6 Å². The molecule has 0 aromatic rings. The van der Waals surface area contributed by atoms with Gasteiger partial charge in [-0.15, -0.1) is 0 Å². The first-order valence-electron chi connectivity index (χ1n) is 4.19. The molecule has 0 aromatic carbocycles. The lowest BCUT2D eigenvalue weighted by atomic mass is 10.5. The van der Waals surface area contributed by atoms with Crippen molar-refractivity contribution >= 4 is 32.8 Å². The molecule has 0 heterocycles. The molecule has 84 valence electrons. The molecule has 0 amide bonds. The third-order valence-electron chi connectivity index (χ3n) is 1.20. The number of nitrogens with zero attached hydrogens (tertiary/aromatic N) is 2. The van der Waals surface area contributed by atoms with E-state index in [0.29, 0.717) is 6.42 Å². The number of hydrogen-bond acceptors (Lipinski definition) is 3. The molecular weight excluding hydrogens is 236 g/mol. The van der Waals surface area contributed by atoms with Crippen molar-refractivity contribution in [2.24, 2.45) is 9.98 Å². The number of hydrogen-bond donors (Lipinski definition) is 0. The van der Waals surface area contributed by atoms with E-state index in [-0.39, 0.29) is 5.17 Å². The van der Waals surface area contributed by atoms with E-state index in [1.165, 1.54) is 17.9 Å². The van der Waals surface area contributed by atoms with Gasteiger partial charge in [-0.1, -0.05) is 23.8 Å². The Labute approximate surface area is 95.0 Å². The molecule has 0 saturated heterocycles. The van der Waals surface area contributed by atoms with Gasteiger partial charge in [0.15, 0.2) is 0 Å². The van der Waals surface area contributed by atoms with Gasteiger partial charge in [0.05, 0.1) is 0 Å². The van der Waals surface area contributed by atoms with E-state index in [4.69, 9.17) is 11.6 Å². The summed E-state index contributed by atoms with van der Waals surface area (Å²) in [6.45, 7) is 1.74. The largest absolute Gasteiger partial charge is 0.246 e. The zero-order valence-electron chi connectivity index (χ0n) is 8.59. The Balaban J connectivity index is 4.76. The molecule has 0 bridgehead atoms. The normalized spacial score (nSPS) is 14.7. The molecule has 4 nitrogen and oxygen atoms in total. The third-order valence-corrected chi connectivity index (χ3v) is 2.25. The topological polar surface area (TPSA) is 58.9 Å². The minimum absolute atomic E-state index is 0.205. The Hall–Kier alpha value is -0.940. The minimum atomic E-state index is -3.38. The van der Waals surface area contributed by atoms with Crippen molar-refractivity contribution < 1.29 is 8.42 Å². The Kier molecular flexibility index (Phi) is 6.90. The van der Waals surface area contributed by atoms with Crippen molar-refractivity contribution in [2.75, 3.05) is 6.26 Å². The van der Waals surface area contributed by atoms with E-state index in [2.05, 4.69) is 9.98 Å². The molecule has 0 N–H and O–H groups in total. The summed E-state index contributed by atoms with van der Waals surface area (Å²) < 4.78 is 22.4. The van der Waals surface area contributed by atoms with Crippen LogP contribution in [0.4, 0.5) is 0 Å². The summed E-state index contributed by atoms with van der Waals surface area (Å²) in [7, 11) is -3.38. The summed E-state index contributed by atoms with van der Waals surface area (Å²) in [6, 6.07) is 0. The first-order chi connectivity index (χ1) is 7.02. The lowest BCUT2D eigenvalue weighted by Gasteiger charge is -1.94. The van der Waals surface area contributed by atoms with Crippen LogP contribution in [0.1, 0.15) is 13.3 Å². The number of sulfone groups is 1. The van der Waals surface area contributed by atoms with E-state index in [0.717, 1.165) is 6.26 Å². The molecule has 0 aliphatic carbocycles. The second-order valence-electron chi connectivity index (χ2n) is 2.58. The second-order valence-corrected chi connectivity index (χ2v) is 4.74. The van der Waals surface area contributed by atoms with Crippen molar-refractivity contribution in [3.63, 3.8) is 0 Å². The summed E-state index contributed by atoms with van der Waals surface area (Å²) in [6.07, 6.45) is 7.60. The molecule has 15 heavy (non-hydrogen) atoms. The maximum absolute atomic E-state index is 11.2. The number of allylic oxidation sites excluding steroid dienone is 2. The number of aliphatic imine (C=N–C) groups is 2. The zero-order valence-corrected chi connectivity index (χ0v) is 10.2. The molecular formula is C9H13ClN2O2S. The second kappa shape index (κ2) is 7.36. The first-order valence-corrected chi connectivity index (χ1v) is 6.52. The fourth-order valence-corrected chi connectivity index (χ4v) is 1.23. The van der Waals surface area contributed by atoms with Crippen LogP contribution in [0.15, 0.2) is 33.9 Å². The van der Waals surface area contributed by atoms with Crippen molar-refractivity contribution in [3.8, 4) is 0 Å². The van der Waals surface area contributed by atoms with E-state index >= 15 is 0 Å². The van der Waals surface area contributed by atoms with E-state index in [9.17, 15) is 8.42 Å². The van der Waals surface area contributed by atoms with E-state index < -0.39 is 9.84 Å². The molecule has 0 rings (SSSR count). The van der Waals surface area contributed by atoms with Crippen LogP contribution in [0.3, 0.4) is 0 Å². The lowest BCUT2D eigenvalue weighted by molar-refractivity contribution is 0.612. The Morgan fingerprint density at radius 3 is 2.60 bits per heavy atom. The number of rotatable bonds is 3. The van der Waals surface area contributed by atoms with Crippen LogP contribution in [0, 0.1) is 0 Å². The summed E-state index contributed by atoms with van der Waals surface area (Å²) >= 11 is 5.29. The van der Waals surface area contributed by atoms with Gasteiger partial charge in [-0.2, -0.15) is 0 Å². The van der Waals surface area contributed by atoms with Crippen LogP contribution in [0.25, 0.3) is 0 Å². The van der Waals surface area contributed by atoms with E-state index in [1.54, 1.807) is 19.1 Å². The Bertz CT molecular complexity index is 394. The summed E-state index contributed by atoms with van der Waals surface area (Å²) in [4.78, 5) is 7.45. The van der Waals surface area contributed by atoms with Crippen LogP contribution >= 0.6 is 11.6 Å². The summed E-state index contributed by atoms with van der Waals surface area (Å²) in [5.41, 5.74) is 1.34. The number of halogens is 1. The van der Waals surface area contributed by atoms with Gasteiger partial charge in [-0.25, -0.2) is 18.4 Å². The maximum atomic E-state index is 11.2. The SMILES string of the molecule is C/C=C/N=C(N=CC/C=C/Cl)S(C)(=O)=O. The van der Waals surface area contributed by atoms with Gasteiger partial charge in [0.1, 0.15) is 0 Å². The van der Waals surface area contributed by atoms with Crippen LogP contribution in [0.2, 0.25) is 0 Å². The fraction of sp³-hybridized carbons (Fsp3) is 0.333. The quantitative estimate of drug-likeness (QED) is 0.568. The summed E-state index contributed by atoms with van der Waals surface area (Å²) in [5.74, 6) is 0. The van der Waals surface area contributed by atoms with E-state index in [1.807, 2.05) is 0 Å². The monoisotopic (exact) mass is 248 g/mol. The van der Waals surface area contributed by atoms with Gasteiger partial charge >= 0.3 is 0 Å². The van der Waals surface area contributed by atoms with Gasteiger partial charge in [0.25, 0.3) is 0 Å². The minimum Gasteiger partial charge on any atom is -0.231 e. The highest BCUT2D eigenvalue weighted by molar-refractivity contribution is 8.05. The molecule has 0 unspecified atom stereocenters. The average molecular weight is 249 g/mol. The van der Waals surface area contributed by atoms with Gasteiger partial charge in [0.2, 0.25) is 15.0 Å². The predicted octanol–water partition coefficient (Wildman–Crippen LogP) is 2.13. The smallest absolute Gasteiger partial charge is 0.231 e. The van der Waals surface area contributed by atoms with Gasteiger partial charge in [-0.05, 0) is 6.92 Å². The highest BCUT2D eigenvalue weighted by Crippen LogP contribution is 1.94. The maximum Gasteiger partial charge on any atom is 0.246 e. The van der Waals surface area contributed by atoms with Crippen molar-refractivity contribution in [2.45, 2.75) is 13.3 Å². The van der Waals surface area contributed by atoms with Crippen molar-refractivity contribution in [1.29, 1.82) is 0 Å². The molecule has 0 radical (unpaired) electrons. The third kappa shape index (κ3) is 7.04. The van der Waals surface area contributed by atoms with Gasteiger partial charge < -0.3 is 0 Å². The average Bonchev–Trinajstić information content (AvgIpc) is 2.15. The Morgan fingerprint density at radius 2 is 2.13 bits per heavy atom. The van der Waals surface area contributed by atoms with Crippen LogP contribution in [0.5, 0.6) is 0 Å². The molecule has 0 aromatic heterocycles. The molecule has 0 aliphatic rings. The summed E-state index contributed by atoms with van der Waals surface area (Å²) in [5, 5.41) is -0.205. The van der Waals surface area contributed by atoms with Gasteiger partial charge in [-0.3, -0.25) is 0 Å². The standard InChI is InChI=1S/C9H13ClN2O2S/c1-3-7-11-9(15(2,13)14)12-8-5-4-6-10/h3-4,6-8H,5H2,1-2H3/b6-4+,7-3+,11-9?,12-8?.